The maximum Gasteiger partial charge on any atom is 0.341 e. The van der Waals surface area contributed by atoms with Crippen molar-refractivity contribution < 1.29 is 19.1 Å². The third-order valence-corrected chi connectivity index (χ3v) is 1.69. The van der Waals surface area contributed by atoms with Crippen molar-refractivity contribution in [1.82, 2.24) is 0 Å². The molecule has 0 aromatic heterocycles. The van der Waals surface area contributed by atoms with E-state index in [1.165, 1.54) is 0 Å². The second-order valence-electron chi connectivity index (χ2n) is 2.69. The van der Waals surface area contributed by atoms with Crippen LogP contribution < -0.4 is 4.74 Å². The molecule has 0 aliphatic rings. The summed E-state index contributed by atoms with van der Waals surface area (Å²) >= 11 is 0. The number of esters is 1. The molecule has 0 radical (unpaired) electrons. The Morgan fingerprint density at radius 3 is 2.80 bits per heavy atom. The highest BCUT2D eigenvalue weighted by molar-refractivity contribution is 5.92. The lowest BCUT2D eigenvalue weighted by Gasteiger charge is -2.07. The van der Waals surface area contributed by atoms with Crippen LogP contribution in [0.1, 0.15) is 17.3 Å². The van der Waals surface area contributed by atoms with Crippen LogP contribution in [0, 0.1) is 0 Å². The van der Waals surface area contributed by atoms with Crippen LogP contribution in [0.15, 0.2) is 24.3 Å². The molecule has 0 aliphatic heterocycles. The Kier molecular flexibility index (Phi) is 4.34. The summed E-state index contributed by atoms with van der Waals surface area (Å²) < 4.78 is 9.93. The SMILES string of the molecule is CCOC(=O)c1ccccc1OCC=O. The summed E-state index contributed by atoms with van der Waals surface area (Å²) in [5.74, 6) is -0.0814. The zero-order chi connectivity index (χ0) is 11.1. The van der Waals surface area contributed by atoms with E-state index < -0.39 is 5.97 Å². The minimum absolute atomic E-state index is 0.0730. The molecule has 0 spiro atoms. The third kappa shape index (κ3) is 3.09. The van der Waals surface area contributed by atoms with E-state index in [0.717, 1.165) is 0 Å². The molecular weight excluding hydrogens is 196 g/mol. The molecule has 0 unspecified atom stereocenters. The largest absolute Gasteiger partial charge is 0.485 e. The number of aldehydes is 1. The van der Waals surface area contributed by atoms with Crippen molar-refractivity contribution >= 4 is 12.3 Å². The summed E-state index contributed by atoms with van der Waals surface area (Å²) in [6, 6.07) is 6.65. The Balaban J connectivity index is 2.85. The Morgan fingerprint density at radius 1 is 1.40 bits per heavy atom. The van der Waals surface area contributed by atoms with Gasteiger partial charge in [0.15, 0.2) is 6.29 Å². The molecule has 1 rings (SSSR count). The minimum Gasteiger partial charge on any atom is -0.485 e. The smallest absolute Gasteiger partial charge is 0.341 e. The lowest BCUT2D eigenvalue weighted by atomic mass is 10.2. The van der Waals surface area contributed by atoms with Gasteiger partial charge in [0.1, 0.15) is 17.9 Å². The first-order valence-electron chi connectivity index (χ1n) is 4.62. The average Bonchev–Trinajstić information content (AvgIpc) is 2.27. The fourth-order valence-corrected chi connectivity index (χ4v) is 1.09. The maximum atomic E-state index is 11.4. The Hall–Kier alpha value is -1.84. The van der Waals surface area contributed by atoms with Crippen molar-refractivity contribution in [2.45, 2.75) is 6.92 Å². The molecule has 4 heteroatoms. The monoisotopic (exact) mass is 208 g/mol. The summed E-state index contributed by atoms with van der Waals surface area (Å²) in [6.45, 7) is 1.96. The second-order valence-corrected chi connectivity index (χ2v) is 2.69. The van der Waals surface area contributed by atoms with Crippen molar-refractivity contribution in [3.8, 4) is 5.75 Å². The maximum absolute atomic E-state index is 11.4. The van der Waals surface area contributed by atoms with Crippen LogP contribution in [0.3, 0.4) is 0 Å². The predicted octanol–water partition coefficient (Wildman–Crippen LogP) is 1.44. The molecule has 80 valence electrons. The van der Waals surface area contributed by atoms with E-state index in [9.17, 15) is 9.59 Å². The number of ether oxygens (including phenoxy) is 2. The number of hydrogen-bond acceptors (Lipinski definition) is 4. The standard InChI is InChI=1S/C11H12O4/c1-2-14-11(13)9-5-3-4-6-10(9)15-8-7-12/h3-7H,2,8H2,1H3. The molecule has 15 heavy (non-hydrogen) atoms. The van der Waals surface area contributed by atoms with Crippen molar-refractivity contribution in [2.24, 2.45) is 0 Å². The summed E-state index contributed by atoms with van der Waals surface area (Å²) in [7, 11) is 0. The number of rotatable bonds is 5. The van der Waals surface area contributed by atoms with Crippen molar-refractivity contribution in [3.05, 3.63) is 29.8 Å². The highest BCUT2D eigenvalue weighted by Crippen LogP contribution is 2.18. The summed E-state index contributed by atoms with van der Waals surface area (Å²) in [6.07, 6.45) is 0.627. The molecule has 0 bridgehead atoms. The average molecular weight is 208 g/mol. The topological polar surface area (TPSA) is 52.6 Å². The van der Waals surface area contributed by atoms with Crippen LogP contribution in [0.4, 0.5) is 0 Å². The quantitative estimate of drug-likeness (QED) is 0.542. The first-order valence-corrected chi connectivity index (χ1v) is 4.62. The molecule has 0 heterocycles. The van der Waals surface area contributed by atoms with E-state index in [-0.39, 0.29) is 6.61 Å². The van der Waals surface area contributed by atoms with E-state index in [4.69, 9.17) is 9.47 Å². The number of carbonyl (C=O) groups is 2. The molecule has 4 nitrogen and oxygen atoms in total. The van der Waals surface area contributed by atoms with Crippen molar-refractivity contribution in [2.75, 3.05) is 13.2 Å². The van der Waals surface area contributed by atoms with Crippen LogP contribution in [-0.2, 0) is 9.53 Å². The lowest BCUT2D eigenvalue weighted by molar-refractivity contribution is -0.109. The van der Waals surface area contributed by atoms with Gasteiger partial charge in [-0.3, -0.25) is 4.79 Å². The number of para-hydroxylation sites is 1. The number of carbonyl (C=O) groups excluding carboxylic acids is 2. The molecule has 0 N–H and O–H groups in total. The van der Waals surface area contributed by atoms with Gasteiger partial charge in [-0.1, -0.05) is 12.1 Å². The highest BCUT2D eigenvalue weighted by atomic mass is 16.5. The normalized spacial score (nSPS) is 9.40. The molecular formula is C11H12O4. The van der Waals surface area contributed by atoms with Crippen molar-refractivity contribution in [1.29, 1.82) is 0 Å². The molecule has 0 aliphatic carbocycles. The van der Waals surface area contributed by atoms with Gasteiger partial charge in [0.05, 0.1) is 6.61 Å². The van der Waals surface area contributed by atoms with E-state index in [2.05, 4.69) is 0 Å². The second kappa shape index (κ2) is 5.80. The Labute approximate surface area is 87.8 Å². The van der Waals surface area contributed by atoms with Gasteiger partial charge in [0, 0.05) is 0 Å². The minimum atomic E-state index is -0.445. The fourth-order valence-electron chi connectivity index (χ4n) is 1.09. The summed E-state index contributed by atoms with van der Waals surface area (Å²) in [5, 5.41) is 0. The molecule has 0 saturated carbocycles. The van der Waals surface area contributed by atoms with E-state index in [1.54, 1.807) is 31.2 Å². The van der Waals surface area contributed by atoms with E-state index in [0.29, 0.717) is 24.2 Å². The first kappa shape index (κ1) is 11.2. The molecule has 1 aromatic rings. The zero-order valence-corrected chi connectivity index (χ0v) is 8.43. The van der Waals surface area contributed by atoms with Gasteiger partial charge >= 0.3 is 5.97 Å². The predicted molar refractivity (Wildman–Crippen MR) is 54.0 cm³/mol. The first-order chi connectivity index (χ1) is 7.29. The number of hydrogen-bond donors (Lipinski definition) is 0. The van der Waals surface area contributed by atoms with Crippen LogP contribution in [-0.4, -0.2) is 25.5 Å². The molecule has 0 amide bonds. The highest BCUT2D eigenvalue weighted by Gasteiger charge is 2.12. The van der Waals surface area contributed by atoms with E-state index >= 15 is 0 Å². The van der Waals surface area contributed by atoms with Crippen molar-refractivity contribution in [3.63, 3.8) is 0 Å². The fraction of sp³-hybridized carbons (Fsp3) is 0.273. The van der Waals surface area contributed by atoms with Crippen LogP contribution in [0.5, 0.6) is 5.75 Å². The van der Waals surface area contributed by atoms with Gasteiger partial charge in [-0.2, -0.15) is 0 Å². The van der Waals surface area contributed by atoms with E-state index in [1.807, 2.05) is 0 Å². The summed E-state index contributed by atoms with van der Waals surface area (Å²) in [4.78, 5) is 21.6. The van der Waals surface area contributed by atoms with Crippen LogP contribution >= 0.6 is 0 Å². The van der Waals surface area contributed by atoms with Gasteiger partial charge in [-0.25, -0.2) is 4.79 Å². The van der Waals surface area contributed by atoms with Gasteiger partial charge < -0.3 is 9.47 Å². The Bertz CT molecular complexity index is 346. The third-order valence-electron chi connectivity index (χ3n) is 1.69. The van der Waals surface area contributed by atoms with Gasteiger partial charge in [0.25, 0.3) is 0 Å². The summed E-state index contributed by atoms with van der Waals surface area (Å²) in [5.41, 5.74) is 0.334. The Morgan fingerprint density at radius 2 is 2.13 bits per heavy atom. The molecule has 0 fully saturated rings. The number of benzene rings is 1. The van der Waals surface area contributed by atoms with Crippen LogP contribution in [0.25, 0.3) is 0 Å². The zero-order valence-electron chi connectivity index (χ0n) is 8.43. The lowest BCUT2D eigenvalue weighted by Crippen LogP contribution is -2.08. The molecule has 1 aromatic carbocycles. The molecule has 0 atom stereocenters. The van der Waals surface area contributed by atoms with Crippen LogP contribution in [0.2, 0.25) is 0 Å². The van der Waals surface area contributed by atoms with Gasteiger partial charge in [-0.15, -0.1) is 0 Å². The van der Waals surface area contributed by atoms with Gasteiger partial charge in [-0.05, 0) is 19.1 Å². The van der Waals surface area contributed by atoms with Gasteiger partial charge in [0.2, 0.25) is 0 Å². The molecule has 0 saturated heterocycles.